The molecule has 24 heavy (non-hydrogen) atoms. The van der Waals surface area contributed by atoms with Gasteiger partial charge in [0.05, 0.1) is 17.4 Å². The van der Waals surface area contributed by atoms with E-state index < -0.39 is 87.6 Å². The second kappa shape index (κ2) is 7.31. The van der Waals surface area contributed by atoms with Crippen LogP contribution in [-0.2, 0) is 25.0 Å². The van der Waals surface area contributed by atoms with Crippen molar-refractivity contribution < 1.29 is 30.4 Å². The number of rotatable bonds is 8. The van der Waals surface area contributed by atoms with Crippen molar-refractivity contribution in [3.63, 3.8) is 0 Å². The van der Waals surface area contributed by atoms with Crippen LogP contribution in [0, 0.1) is 0 Å². The number of nitrogens with zero attached hydrogens (tertiary/aromatic N) is 4. The molecule has 1 N–H and O–H groups in total. The fraction of sp³-hybridized carbons (Fsp3) is 0.688. The Labute approximate surface area is 161 Å². The Hall–Kier alpha value is -1.93. The average molecular weight is 353 g/mol. The van der Waals surface area contributed by atoms with Gasteiger partial charge in [0.2, 0.25) is 0 Å². The Bertz CT molecular complexity index is 1320. The van der Waals surface area contributed by atoms with Gasteiger partial charge in [-0.05, 0) is 39.8 Å². The lowest BCUT2D eigenvalue weighted by molar-refractivity contribution is 0.0678. The summed E-state index contributed by atoms with van der Waals surface area (Å²) >= 11 is 0. The first-order valence-corrected chi connectivity index (χ1v) is 6.74. The highest BCUT2D eigenvalue weighted by Crippen LogP contribution is 2.12. The zero-order chi connectivity index (χ0) is 30.8. The maximum atomic E-state index is 13.2. The third kappa shape index (κ3) is 3.93. The van der Waals surface area contributed by atoms with Crippen molar-refractivity contribution in [2.75, 3.05) is 6.56 Å². The van der Waals surface area contributed by atoms with E-state index in [1.54, 1.807) is 0 Å². The van der Waals surface area contributed by atoms with Gasteiger partial charge in [0.15, 0.2) is 11.2 Å². The third-order valence-electron chi connectivity index (χ3n) is 3.17. The Balaban J connectivity index is 2.54. The lowest BCUT2D eigenvalue weighted by Gasteiger charge is -2.16. The van der Waals surface area contributed by atoms with E-state index in [0.29, 0.717) is 15.5 Å². The van der Waals surface area contributed by atoms with Crippen molar-refractivity contribution in [3.8, 4) is 0 Å². The molecule has 0 spiro atoms. The van der Waals surface area contributed by atoms with Crippen LogP contribution in [0.5, 0.6) is 0 Å². The minimum absolute atomic E-state index is 0.367. The molecule has 0 radical (unpaired) electrons. The van der Waals surface area contributed by atoms with Crippen LogP contribution in [0.15, 0.2) is 15.9 Å². The van der Waals surface area contributed by atoms with Gasteiger partial charge in [-0.1, -0.05) is 0 Å². The minimum Gasteiger partial charge on any atom is -0.390 e. The molecular weight excluding hydrogens is 312 g/mol. The minimum atomic E-state index is -3.79. The summed E-state index contributed by atoms with van der Waals surface area (Å²) in [6.45, 7) is -18.2. The molecule has 0 aliphatic rings. The Morgan fingerprint density at radius 2 is 2.21 bits per heavy atom. The molecule has 0 fully saturated rings. The van der Waals surface area contributed by atoms with Gasteiger partial charge < -0.3 is 14.4 Å². The number of fused-ring (bicyclic) bond motifs is 1. The Kier molecular flexibility index (Phi) is 2.06. The zero-order valence-corrected chi connectivity index (χ0v) is 12.7. The van der Waals surface area contributed by atoms with E-state index in [1.807, 2.05) is 0 Å². The van der Waals surface area contributed by atoms with Gasteiger partial charge in [0.25, 0.3) is 5.56 Å². The predicted octanol–water partition coefficient (Wildman–Crippen LogP) is 0.832. The average Bonchev–Trinajstić information content (AvgIpc) is 3.17. The van der Waals surface area contributed by atoms with Crippen LogP contribution in [0.25, 0.3) is 11.2 Å². The molecule has 134 valence electrons. The van der Waals surface area contributed by atoms with Crippen LogP contribution in [0.1, 0.15) is 60.3 Å². The fourth-order valence-corrected chi connectivity index (χ4v) is 2.11. The first kappa shape index (κ1) is 6.76. The van der Waals surface area contributed by atoms with Crippen molar-refractivity contribution in [1.82, 2.24) is 18.7 Å². The molecule has 0 aromatic carbocycles. The van der Waals surface area contributed by atoms with Crippen LogP contribution < -0.4 is 11.2 Å². The van der Waals surface area contributed by atoms with E-state index in [9.17, 15) is 14.7 Å². The summed E-state index contributed by atoms with van der Waals surface area (Å²) < 4.78 is 119. The molecule has 0 aliphatic heterocycles. The van der Waals surface area contributed by atoms with Crippen molar-refractivity contribution in [2.24, 2.45) is 7.05 Å². The van der Waals surface area contributed by atoms with Crippen molar-refractivity contribution >= 4 is 11.2 Å². The normalized spacial score (nSPS) is 24.8. The molecular formula is C16H26N4O4. The van der Waals surface area contributed by atoms with Gasteiger partial charge in [0, 0.05) is 35.2 Å². The van der Waals surface area contributed by atoms with Gasteiger partial charge in [-0.3, -0.25) is 13.9 Å². The van der Waals surface area contributed by atoms with E-state index in [4.69, 9.17) is 20.6 Å². The Morgan fingerprint density at radius 1 is 1.42 bits per heavy atom. The SMILES string of the molecule is [2H]C([2H])(OC([2H])([2H])C([2H])([2H])[2H])n1cnc2c1c(=O)n(CCCC([2H])([2H])C(O)(C([2H])([2H])[2H])C([2H])([2H])[2H])c(=O)n2C. The standard InChI is InChI=1S/C16H26N4O4/c1-5-24-11-19-10-17-13-12(19)14(21)20(15(22)18(13)4)9-7-6-8-16(2,3)23/h10,23H,5-9,11H2,1-4H3/i1D3,2D3,3D3,5D2,8D2,11D2. The lowest BCUT2D eigenvalue weighted by Crippen LogP contribution is -2.39. The summed E-state index contributed by atoms with van der Waals surface area (Å²) in [5.41, 5.74) is -7.10. The topological polar surface area (TPSA) is 91.3 Å². The molecule has 0 amide bonds. The molecule has 0 bridgehead atoms. The van der Waals surface area contributed by atoms with Crippen LogP contribution >= 0.6 is 0 Å². The third-order valence-corrected chi connectivity index (χ3v) is 3.17. The summed E-state index contributed by atoms with van der Waals surface area (Å²) in [4.78, 5) is 29.7. The lowest BCUT2D eigenvalue weighted by atomic mass is 10.0. The summed E-state index contributed by atoms with van der Waals surface area (Å²) in [6.07, 6.45) is -4.05. The van der Waals surface area contributed by atoms with E-state index in [-0.39, 0.29) is 0 Å². The quantitative estimate of drug-likeness (QED) is 0.759. The molecule has 8 heteroatoms. The maximum Gasteiger partial charge on any atom is 0.332 e. The summed E-state index contributed by atoms with van der Waals surface area (Å²) in [6, 6.07) is 0. The first-order valence-electron chi connectivity index (χ1n) is 14.2. The summed E-state index contributed by atoms with van der Waals surface area (Å²) in [5, 5.41) is 10.5. The predicted molar refractivity (Wildman–Crippen MR) is 91.0 cm³/mol. The highest BCUT2D eigenvalue weighted by molar-refractivity contribution is 5.69. The molecule has 0 saturated heterocycles. The van der Waals surface area contributed by atoms with Crippen LogP contribution in [0.4, 0.5) is 0 Å². The van der Waals surface area contributed by atoms with Crippen molar-refractivity contribution in [2.45, 2.75) is 58.6 Å². The van der Waals surface area contributed by atoms with Crippen LogP contribution in [0.2, 0.25) is 0 Å². The van der Waals surface area contributed by atoms with E-state index >= 15 is 0 Å². The molecule has 0 saturated carbocycles. The second-order valence-electron chi connectivity index (χ2n) is 4.87. The molecule has 0 aliphatic carbocycles. The zero-order valence-electron chi connectivity index (χ0n) is 27.7. The number of aryl methyl sites for hydroxylation is 1. The molecule has 0 unspecified atom stereocenters. The van der Waals surface area contributed by atoms with Gasteiger partial charge in [0.1, 0.15) is 6.68 Å². The fourth-order valence-electron chi connectivity index (χ4n) is 2.11. The monoisotopic (exact) mass is 353 g/mol. The smallest absolute Gasteiger partial charge is 0.332 e. The van der Waals surface area contributed by atoms with Gasteiger partial charge >= 0.3 is 5.69 Å². The second-order valence-corrected chi connectivity index (χ2v) is 4.87. The summed E-state index contributed by atoms with van der Waals surface area (Å²) in [5.74, 6) is 0. The molecule has 2 rings (SSSR count). The Morgan fingerprint density at radius 3 is 2.92 bits per heavy atom. The number of aromatic nitrogens is 4. The van der Waals surface area contributed by atoms with Gasteiger partial charge in [-0.25, -0.2) is 9.78 Å². The summed E-state index contributed by atoms with van der Waals surface area (Å²) in [7, 11) is 1.14. The number of ether oxygens (including phenoxy) is 1. The number of hydrogen-bond donors (Lipinski definition) is 1. The molecule has 8 nitrogen and oxygen atoms in total. The highest BCUT2D eigenvalue weighted by Gasteiger charge is 2.16. The maximum absolute atomic E-state index is 13.2. The van der Waals surface area contributed by atoms with Crippen LogP contribution in [0.3, 0.4) is 0 Å². The van der Waals surface area contributed by atoms with E-state index in [2.05, 4.69) is 9.72 Å². The molecule has 2 aromatic rings. The van der Waals surface area contributed by atoms with E-state index in [1.165, 1.54) is 0 Å². The highest BCUT2D eigenvalue weighted by atomic mass is 16.5. The van der Waals surface area contributed by atoms with Crippen molar-refractivity contribution in [1.29, 1.82) is 0 Å². The van der Waals surface area contributed by atoms with Gasteiger partial charge in [-0.15, -0.1) is 0 Å². The molecule has 2 heterocycles. The van der Waals surface area contributed by atoms with Gasteiger partial charge in [-0.2, -0.15) is 0 Å². The largest absolute Gasteiger partial charge is 0.390 e. The van der Waals surface area contributed by atoms with E-state index in [0.717, 1.165) is 11.6 Å². The molecule has 2 aromatic heterocycles. The molecule has 0 atom stereocenters. The number of aliphatic hydroxyl groups is 1. The number of hydrogen-bond acceptors (Lipinski definition) is 5. The van der Waals surface area contributed by atoms with Crippen LogP contribution in [-0.4, -0.2) is 36.0 Å². The first-order chi connectivity index (χ1) is 17.1. The number of imidazole rings is 1. The van der Waals surface area contributed by atoms with Crippen molar-refractivity contribution in [3.05, 3.63) is 27.2 Å².